The van der Waals surface area contributed by atoms with E-state index in [2.05, 4.69) is 46.6 Å². The van der Waals surface area contributed by atoms with Crippen molar-refractivity contribution in [2.45, 2.75) is 88.6 Å². The number of hydrogen-bond donors (Lipinski definition) is 3. The molecule has 1 aromatic carbocycles. The summed E-state index contributed by atoms with van der Waals surface area (Å²) in [6, 6.07) is 5.13. The first kappa shape index (κ1) is 26.0. The predicted molar refractivity (Wildman–Crippen MR) is 147 cm³/mol. The number of piperidine rings is 1. The van der Waals surface area contributed by atoms with Crippen LogP contribution in [0.3, 0.4) is 0 Å². The highest BCUT2D eigenvalue weighted by atomic mass is 16.7. The third-order valence-corrected chi connectivity index (χ3v) is 10.3. The number of nitrogens with one attached hydrogen (secondary N) is 2. The van der Waals surface area contributed by atoms with E-state index in [1.54, 1.807) is 11.8 Å². The number of likely N-dealkylation sites (tertiary alicyclic amines) is 1. The second-order valence-corrected chi connectivity index (χ2v) is 12.8. The van der Waals surface area contributed by atoms with Crippen LogP contribution < -0.4 is 5.32 Å². The Bertz CT molecular complexity index is 1410. The molecule has 1 aromatic heterocycles. The van der Waals surface area contributed by atoms with Gasteiger partial charge in [-0.15, -0.1) is 0 Å². The fourth-order valence-corrected chi connectivity index (χ4v) is 8.35. The SMILES string of the molecule is CC[C@@]1(NC(=O)[C@@H]2C[C@@H]3c4cccc5[nH]cc(c45)C[C@H]3N(C)C2)O[C@@]2(O)[C@@H]3CCCN3C(=O)[C@H](C(C)C)N2C1=O. The Morgan fingerprint density at radius 1 is 1.30 bits per heavy atom. The molecule has 10 heteroatoms. The number of carbonyl (C=O) groups excluding carboxylic acids is 3. The lowest BCUT2D eigenvalue weighted by atomic mass is 9.72. The van der Waals surface area contributed by atoms with Gasteiger partial charge in [0.15, 0.2) is 0 Å². The van der Waals surface area contributed by atoms with Gasteiger partial charge in [0, 0.05) is 48.6 Å². The average molecular weight is 550 g/mol. The number of hydrogen-bond acceptors (Lipinski definition) is 6. The first-order valence-corrected chi connectivity index (χ1v) is 14.8. The number of aromatic nitrogens is 1. The average Bonchev–Trinajstić information content (AvgIpc) is 3.64. The number of benzene rings is 1. The Morgan fingerprint density at radius 3 is 2.85 bits per heavy atom. The number of aliphatic hydroxyl groups is 1. The lowest BCUT2D eigenvalue weighted by molar-refractivity contribution is -0.319. The molecule has 0 radical (unpaired) electrons. The highest BCUT2D eigenvalue weighted by molar-refractivity contribution is 5.97. The Hall–Kier alpha value is -2.95. The smallest absolute Gasteiger partial charge is 0.281 e. The van der Waals surface area contributed by atoms with Crippen LogP contribution in [0.25, 0.3) is 10.9 Å². The van der Waals surface area contributed by atoms with Gasteiger partial charge in [0.1, 0.15) is 12.1 Å². The van der Waals surface area contributed by atoms with Crippen LogP contribution in [0.5, 0.6) is 0 Å². The van der Waals surface area contributed by atoms with Crippen LogP contribution in [0.1, 0.15) is 63.5 Å². The summed E-state index contributed by atoms with van der Waals surface area (Å²) >= 11 is 0. The van der Waals surface area contributed by atoms with Crippen LogP contribution in [0.15, 0.2) is 24.4 Å². The lowest BCUT2D eigenvalue weighted by Crippen LogP contribution is -2.72. The van der Waals surface area contributed by atoms with Crippen LogP contribution in [0.4, 0.5) is 0 Å². The van der Waals surface area contributed by atoms with Gasteiger partial charge in [0.2, 0.25) is 17.5 Å². The third kappa shape index (κ3) is 3.36. The highest BCUT2D eigenvalue weighted by Gasteiger charge is 2.71. The molecule has 5 aliphatic rings. The molecule has 0 unspecified atom stereocenters. The second-order valence-electron chi connectivity index (χ2n) is 12.8. The first-order chi connectivity index (χ1) is 19.1. The van der Waals surface area contributed by atoms with Crippen molar-refractivity contribution >= 4 is 28.6 Å². The summed E-state index contributed by atoms with van der Waals surface area (Å²) < 4.78 is 6.31. The van der Waals surface area contributed by atoms with Crippen molar-refractivity contribution in [1.29, 1.82) is 0 Å². The molecule has 0 bridgehead atoms. The molecule has 7 atom stereocenters. The molecule has 3 N–H and O–H groups in total. The molecule has 1 aliphatic carbocycles. The van der Waals surface area contributed by atoms with Crippen molar-refractivity contribution in [2.75, 3.05) is 20.1 Å². The van der Waals surface area contributed by atoms with Crippen molar-refractivity contribution in [3.63, 3.8) is 0 Å². The molecule has 4 saturated heterocycles. The zero-order valence-corrected chi connectivity index (χ0v) is 23.6. The maximum atomic E-state index is 14.1. The van der Waals surface area contributed by atoms with E-state index in [0.29, 0.717) is 32.0 Å². The van der Waals surface area contributed by atoms with E-state index in [1.165, 1.54) is 21.4 Å². The van der Waals surface area contributed by atoms with Crippen LogP contribution in [0, 0.1) is 11.8 Å². The number of amides is 3. The zero-order chi connectivity index (χ0) is 28.1. The summed E-state index contributed by atoms with van der Waals surface area (Å²) in [5.74, 6) is -3.33. The molecule has 3 amide bonds. The van der Waals surface area contributed by atoms with Gasteiger partial charge in [-0.25, -0.2) is 0 Å². The number of ether oxygens (including phenoxy) is 1. The summed E-state index contributed by atoms with van der Waals surface area (Å²) in [5.41, 5.74) is 1.97. The fourth-order valence-electron chi connectivity index (χ4n) is 8.35. The van der Waals surface area contributed by atoms with E-state index < -0.39 is 29.6 Å². The Labute approximate surface area is 234 Å². The Kier molecular flexibility index (Phi) is 5.70. The summed E-state index contributed by atoms with van der Waals surface area (Å²) in [6.45, 7) is 6.60. The molecule has 2 aromatic rings. The monoisotopic (exact) mass is 549 g/mol. The zero-order valence-electron chi connectivity index (χ0n) is 23.6. The van der Waals surface area contributed by atoms with Gasteiger partial charge in [-0.1, -0.05) is 32.9 Å². The van der Waals surface area contributed by atoms with Gasteiger partial charge in [0.05, 0.1) is 5.92 Å². The van der Waals surface area contributed by atoms with Gasteiger partial charge >= 0.3 is 0 Å². The number of rotatable bonds is 4. The van der Waals surface area contributed by atoms with Gasteiger partial charge in [-0.2, -0.15) is 0 Å². The van der Waals surface area contributed by atoms with Gasteiger partial charge < -0.3 is 25.2 Å². The van der Waals surface area contributed by atoms with Crippen LogP contribution in [-0.2, 0) is 25.5 Å². The van der Waals surface area contributed by atoms with E-state index in [1.807, 2.05) is 13.8 Å². The standard InChI is InChI=1S/C30H39N5O5/c1-5-29(28(38)35-25(16(2)3)27(37)34-11-7-10-23(34)30(35,39)40-29)32-26(36)18-12-20-19-8-6-9-21-24(19)17(14-31-21)13-22(20)33(4)15-18/h6,8-9,14,16,18,20,22-23,25,31,39H,5,7,10-13,15H2,1-4H3,(H,32,36)/t18-,20-,22-,23+,25+,29-,30+/m1/s1. The van der Waals surface area contributed by atoms with E-state index in [4.69, 9.17) is 4.74 Å². The van der Waals surface area contributed by atoms with Crippen LogP contribution in [-0.4, -0.2) is 92.4 Å². The Morgan fingerprint density at radius 2 is 2.10 bits per heavy atom. The minimum Gasteiger partial charge on any atom is -0.361 e. The molecule has 0 saturated carbocycles. The van der Waals surface area contributed by atoms with E-state index in [-0.39, 0.29) is 36.0 Å². The molecule has 10 nitrogen and oxygen atoms in total. The second kappa shape index (κ2) is 8.77. The summed E-state index contributed by atoms with van der Waals surface area (Å²) in [7, 11) is 2.07. The predicted octanol–water partition coefficient (Wildman–Crippen LogP) is 1.88. The maximum Gasteiger partial charge on any atom is 0.281 e. The molecular weight excluding hydrogens is 510 g/mol. The van der Waals surface area contributed by atoms with Crippen molar-refractivity contribution in [1.82, 2.24) is 25.0 Å². The number of carbonyl (C=O) groups is 3. The van der Waals surface area contributed by atoms with E-state index >= 15 is 0 Å². The van der Waals surface area contributed by atoms with Crippen molar-refractivity contribution < 1.29 is 24.2 Å². The topological polar surface area (TPSA) is 118 Å². The number of piperazine rings is 1. The van der Waals surface area contributed by atoms with Crippen molar-refractivity contribution in [3.05, 3.63) is 35.5 Å². The fraction of sp³-hybridized carbons (Fsp3) is 0.633. The molecule has 4 fully saturated rings. The molecule has 5 heterocycles. The maximum absolute atomic E-state index is 14.1. The number of fused-ring (bicyclic) bond motifs is 5. The lowest BCUT2D eigenvalue weighted by Gasteiger charge is -2.49. The molecule has 7 rings (SSSR count). The minimum atomic E-state index is -1.97. The largest absolute Gasteiger partial charge is 0.361 e. The van der Waals surface area contributed by atoms with E-state index in [9.17, 15) is 19.5 Å². The summed E-state index contributed by atoms with van der Waals surface area (Å²) in [5, 5.41) is 16.2. The third-order valence-electron chi connectivity index (χ3n) is 10.3. The molecule has 214 valence electrons. The molecule has 4 aliphatic heterocycles. The quantitative estimate of drug-likeness (QED) is 0.536. The number of likely N-dealkylation sites (N-methyl/N-ethyl adjacent to an activating group) is 1. The van der Waals surface area contributed by atoms with Gasteiger partial charge in [-0.05, 0) is 55.8 Å². The van der Waals surface area contributed by atoms with Gasteiger partial charge in [0.25, 0.3) is 11.8 Å². The summed E-state index contributed by atoms with van der Waals surface area (Å²) in [4.78, 5) is 50.1. The van der Waals surface area contributed by atoms with Crippen molar-refractivity contribution in [3.8, 4) is 0 Å². The van der Waals surface area contributed by atoms with Crippen LogP contribution in [0.2, 0.25) is 0 Å². The molecular formula is C30H39N5O5. The van der Waals surface area contributed by atoms with Gasteiger partial charge in [-0.3, -0.25) is 24.0 Å². The summed E-state index contributed by atoms with van der Waals surface area (Å²) in [6.07, 6.45) is 5.10. The highest BCUT2D eigenvalue weighted by Crippen LogP contribution is 2.48. The number of H-pyrrole nitrogens is 1. The number of nitrogens with zero attached hydrogens (tertiary/aromatic N) is 3. The minimum absolute atomic E-state index is 0.142. The van der Waals surface area contributed by atoms with E-state index in [0.717, 1.165) is 18.4 Å². The molecule has 40 heavy (non-hydrogen) atoms. The van der Waals surface area contributed by atoms with Crippen LogP contribution >= 0.6 is 0 Å². The Balaban J connectivity index is 1.19. The molecule has 0 spiro atoms. The normalized spacial score (nSPS) is 37.2. The number of aromatic amines is 1. The first-order valence-electron chi connectivity index (χ1n) is 14.8. The van der Waals surface area contributed by atoms with Crippen molar-refractivity contribution in [2.24, 2.45) is 11.8 Å².